The maximum absolute atomic E-state index is 5.40. The van der Waals surface area contributed by atoms with Gasteiger partial charge in [-0.05, 0) is 37.3 Å². The van der Waals surface area contributed by atoms with Crippen molar-refractivity contribution in [3.05, 3.63) is 47.8 Å². The maximum Gasteiger partial charge on any atom is 0.218 e. The molecule has 0 fully saturated rings. The molecule has 2 aromatic rings. The molecule has 4 nitrogen and oxygen atoms in total. The zero-order valence-electron chi connectivity index (χ0n) is 11.7. The van der Waals surface area contributed by atoms with Crippen molar-refractivity contribution < 1.29 is 4.74 Å². The normalized spacial score (nSPS) is 17.4. The highest BCUT2D eigenvalue weighted by Gasteiger charge is 2.18. The first-order valence-corrected chi connectivity index (χ1v) is 7.13. The molecule has 1 unspecified atom stereocenters. The van der Waals surface area contributed by atoms with Crippen LogP contribution < -0.4 is 10.1 Å². The summed E-state index contributed by atoms with van der Waals surface area (Å²) in [6.07, 6.45) is 4.84. The molecule has 20 heavy (non-hydrogen) atoms. The van der Waals surface area contributed by atoms with E-state index >= 15 is 0 Å². The lowest BCUT2D eigenvalue weighted by Gasteiger charge is -2.25. The average Bonchev–Trinajstić information content (AvgIpc) is 2.48. The van der Waals surface area contributed by atoms with E-state index < -0.39 is 0 Å². The second kappa shape index (κ2) is 5.90. The second-order valence-electron chi connectivity index (χ2n) is 5.03. The topological polar surface area (TPSA) is 47.0 Å². The average molecular weight is 269 g/mol. The van der Waals surface area contributed by atoms with Crippen LogP contribution in [0.4, 0.5) is 5.82 Å². The van der Waals surface area contributed by atoms with E-state index in [1.807, 2.05) is 13.0 Å². The monoisotopic (exact) mass is 269 g/mol. The highest BCUT2D eigenvalue weighted by Crippen LogP contribution is 2.23. The van der Waals surface area contributed by atoms with Crippen LogP contribution in [0.1, 0.15) is 24.5 Å². The summed E-state index contributed by atoms with van der Waals surface area (Å²) in [6.45, 7) is 2.57. The van der Waals surface area contributed by atoms with Crippen LogP contribution in [-0.4, -0.2) is 22.6 Å². The lowest BCUT2D eigenvalue weighted by Crippen LogP contribution is -2.27. The third kappa shape index (κ3) is 2.90. The number of aryl methyl sites for hydroxylation is 1. The van der Waals surface area contributed by atoms with Crippen LogP contribution in [0.25, 0.3) is 0 Å². The van der Waals surface area contributed by atoms with Crippen molar-refractivity contribution in [1.82, 2.24) is 9.97 Å². The van der Waals surface area contributed by atoms with Crippen molar-refractivity contribution in [2.75, 3.05) is 11.9 Å². The summed E-state index contributed by atoms with van der Waals surface area (Å²) >= 11 is 0. The molecule has 0 amide bonds. The quantitative estimate of drug-likeness (QED) is 0.927. The molecule has 0 bridgehead atoms. The molecule has 1 aliphatic carbocycles. The predicted molar refractivity (Wildman–Crippen MR) is 79.1 cm³/mol. The Morgan fingerprint density at radius 2 is 2.10 bits per heavy atom. The first-order valence-electron chi connectivity index (χ1n) is 7.13. The molecule has 3 rings (SSSR count). The van der Waals surface area contributed by atoms with Crippen molar-refractivity contribution in [3.63, 3.8) is 0 Å². The molecular formula is C16H19N3O. The summed E-state index contributed by atoms with van der Waals surface area (Å²) in [7, 11) is 0. The lowest BCUT2D eigenvalue weighted by atomic mass is 9.88. The minimum absolute atomic E-state index is 0.425. The Labute approximate surface area is 119 Å². The SMILES string of the molecule is CCOc1cc(NC2CCc3ccccc3C2)ncn1. The summed E-state index contributed by atoms with van der Waals surface area (Å²) in [5.41, 5.74) is 2.92. The second-order valence-corrected chi connectivity index (χ2v) is 5.03. The molecule has 104 valence electrons. The molecule has 1 heterocycles. The molecule has 0 saturated carbocycles. The fourth-order valence-electron chi connectivity index (χ4n) is 2.68. The van der Waals surface area contributed by atoms with Crippen molar-refractivity contribution in [1.29, 1.82) is 0 Å². The van der Waals surface area contributed by atoms with Crippen LogP contribution in [0.5, 0.6) is 5.88 Å². The largest absolute Gasteiger partial charge is 0.478 e. The van der Waals surface area contributed by atoms with E-state index in [9.17, 15) is 0 Å². The van der Waals surface area contributed by atoms with Gasteiger partial charge in [0.25, 0.3) is 0 Å². The number of aromatic nitrogens is 2. The third-order valence-electron chi connectivity index (χ3n) is 3.63. The van der Waals surface area contributed by atoms with Crippen molar-refractivity contribution in [2.24, 2.45) is 0 Å². The highest BCUT2D eigenvalue weighted by molar-refractivity contribution is 5.40. The Kier molecular flexibility index (Phi) is 3.81. The summed E-state index contributed by atoms with van der Waals surface area (Å²) in [6, 6.07) is 11.0. The summed E-state index contributed by atoms with van der Waals surface area (Å²) < 4.78 is 5.40. The Hall–Kier alpha value is -2.10. The maximum atomic E-state index is 5.40. The first kappa shape index (κ1) is 12.9. The van der Waals surface area contributed by atoms with Gasteiger partial charge in [0.05, 0.1) is 6.61 Å². The fraction of sp³-hybridized carbons (Fsp3) is 0.375. The van der Waals surface area contributed by atoms with Gasteiger partial charge in [-0.1, -0.05) is 24.3 Å². The molecule has 1 N–H and O–H groups in total. The summed E-state index contributed by atoms with van der Waals surface area (Å²) in [5, 5.41) is 3.49. The minimum atomic E-state index is 0.425. The zero-order valence-corrected chi connectivity index (χ0v) is 11.7. The Bertz CT molecular complexity index is 585. The third-order valence-corrected chi connectivity index (χ3v) is 3.63. The van der Waals surface area contributed by atoms with Gasteiger partial charge in [0.1, 0.15) is 12.1 Å². The number of benzene rings is 1. The standard InChI is InChI=1S/C16H19N3O/c1-2-20-16-10-15(17-11-18-16)19-14-8-7-12-5-3-4-6-13(12)9-14/h3-6,10-11,14H,2,7-9H2,1H3,(H,17,18,19). The summed E-state index contributed by atoms with van der Waals surface area (Å²) in [4.78, 5) is 8.35. The Balaban J connectivity index is 1.69. The van der Waals surface area contributed by atoms with E-state index in [0.717, 1.165) is 25.1 Å². The molecule has 0 aliphatic heterocycles. The van der Waals surface area contributed by atoms with Gasteiger partial charge in [-0.15, -0.1) is 0 Å². The number of nitrogens with zero attached hydrogens (tertiary/aromatic N) is 2. The number of hydrogen-bond donors (Lipinski definition) is 1. The number of ether oxygens (including phenoxy) is 1. The minimum Gasteiger partial charge on any atom is -0.478 e. The molecule has 0 spiro atoms. The zero-order chi connectivity index (χ0) is 13.8. The van der Waals surface area contributed by atoms with Gasteiger partial charge >= 0.3 is 0 Å². The van der Waals surface area contributed by atoms with Crippen LogP contribution in [0, 0.1) is 0 Å². The summed E-state index contributed by atoms with van der Waals surface area (Å²) in [5.74, 6) is 1.47. The van der Waals surface area contributed by atoms with E-state index in [2.05, 4.69) is 39.6 Å². The van der Waals surface area contributed by atoms with E-state index in [1.165, 1.54) is 11.1 Å². The molecular weight excluding hydrogens is 250 g/mol. The number of anilines is 1. The van der Waals surface area contributed by atoms with Gasteiger partial charge in [-0.3, -0.25) is 0 Å². The van der Waals surface area contributed by atoms with Gasteiger partial charge in [0.2, 0.25) is 5.88 Å². The number of rotatable bonds is 4. The van der Waals surface area contributed by atoms with Crippen LogP contribution in [0.15, 0.2) is 36.7 Å². The molecule has 1 atom stereocenters. The fourth-order valence-corrected chi connectivity index (χ4v) is 2.68. The number of fused-ring (bicyclic) bond motifs is 1. The van der Waals surface area contributed by atoms with Gasteiger partial charge in [0, 0.05) is 12.1 Å². The van der Waals surface area contributed by atoms with Crippen molar-refractivity contribution in [3.8, 4) is 5.88 Å². The van der Waals surface area contributed by atoms with E-state index in [1.54, 1.807) is 6.33 Å². The van der Waals surface area contributed by atoms with Crippen LogP contribution in [0.2, 0.25) is 0 Å². The highest BCUT2D eigenvalue weighted by atomic mass is 16.5. The molecule has 1 aromatic heterocycles. The van der Waals surface area contributed by atoms with Crippen LogP contribution in [-0.2, 0) is 12.8 Å². The molecule has 0 saturated heterocycles. The van der Waals surface area contributed by atoms with Gasteiger partial charge in [0.15, 0.2) is 0 Å². The molecule has 0 radical (unpaired) electrons. The number of hydrogen-bond acceptors (Lipinski definition) is 4. The molecule has 4 heteroatoms. The van der Waals surface area contributed by atoms with Gasteiger partial charge in [-0.2, -0.15) is 0 Å². The predicted octanol–water partition coefficient (Wildman–Crippen LogP) is 2.84. The van der Waals surface area contributed by atoms with Gasteiger partial charge < -0.3 is 10.1 Å². The smallest absolute Gasteiger partial charge is 0.218 e. The first-order chi connectivity index (χ1) is 9.85. The molecule has 1 aliphatic rings. The van der Waals surface area contributed by atoms with E-state index in [-0.39, 0.29) is 0 Å². The number of nitrogens with one attached hydrogen (secondary N) is 1. The Morgan fingerprint density at radius 3 is 2.95 bits per heavy atom. The molecule has 1 aromatic carbocycles. The Morgan fingerprint density at radius 1 is 1.25 bits per heavy atom. The van der Waals surface area contributed by atoms with Crippen LogP contribution in [0.3, 0.4) is 0 Å². The van der Waals surface area contributed by atoms with Crippen LogP contribution >= 0.6 is 0 Å². The van der Waals surface area contributed by atoms with E-state index in [4.69, 9.17) is 4.74 Å². The van der Waals surface area contributed by atoms with E-state index in [0.29, 0.717) is 18.5 Å². The van der Waals surface area contributed by atoms with Crippen molar-refractivity contribution in [2.45, 2.75) is 32.2 Å². The lowest BCUT2D eigenvalue weighted by molar-refractivity contribution is 0.326. The van der Waals surface area contributed by atoms with Gasteiger partial charge in [-0.25, -0.2) is 9.97 Å². The van der Waals surface area contributed by atoms with Crippen molar-refractivity contribution >= 4 is 5.82 Å².